The van der Waals surface area contributed by atoms with Gasteiger partial charge in [-0.1, -0.05) is 6.07 Å². The summed E-state index contributed by atoms with van der Waals surface area (Å²) in [6, 6.07) is 8.09. The fourth-order valence-corrected chi connectivity index (χ4v) is 3.50. The second-order valence-corrected chi connectivity index (χ2v) is 6.86. The van der Waals surface area contributed by atoms with Crippen LogP contribution < -0.4 is 10.2 Å². The molecule has 1 aromatic heterocycles. The summed E-state index contributed by atoms with van der Waals surface area (Å²) in [5.74, 6) is -0.834. The minimum absolute atomic E-state index is 0.243. The van der Waals surface area contributed by atoms with Gasteiger partial charge in [-0.25, -0.2) is 14.8 Å². The number of nitrogens with one attached hydrogen (secondary N) is 1. The molecular weight excluding hydrogens is 376 g/mol. The molecule has 152 valence electrons. The average molecular weight is 398 g/mol. The molecule has 9 nitrogen and oxygen atoms in total. The number of benzene rings is 1. The summed E-state index contributed by atoms with van der Waals surface area (Å²) in [6.07, 6.45) is 3.02. The number of aromatic nitrogens is 2. The summed E-state index contributed by atoms with van der Waals surface area (Å²) in [5, 5.41) is 2.75. The second kappa shape index (κ2) is 8.14. The molecule has 0 radical (unpaired) electrons. The van der Waals surface area contributed by atoms with Crippen molar-refractivity contribution in [1.29, 1.82) is 0 Å². The lowest BCUT2D eigenvalue weighted by Gasteiger charge is -2.37. The zero-order valence-corrected chi connectivity index (χ0v) is 16.1. The van der Waals surface area contributed by atoms with Crippen molar-refractivity contribution in [2.45, 2.75) is 18.6 Å². The number of hydrogen-bond donors (Lipinski definition) is 1. The molecule has 2 aromatic rings. The molecule has 2 aliphatic heterocycles. The molecule has 0 aliphatic carbocycles. The van der Waals surface area contributed by atoms with Gasteiger partial charge in [-0.3, -0.25) is 4.79 Å². The highest BCUT2D eigenvalue weighted by molar-refractivity contribution is 6.03. The van der Waals surface area contributed by atoms with Crippen molar-refractivity contribution in [1.82, 2.24) is 9.97 Å². The number of ether oxygens (including phenoxy) is 3. The van der Waals surface area contributed by atoms with E-state index in [9.17, 15) is 9.59 Å². The number of carbonyl (C=O) groups excluding carboxylic acids is 2. The summed E-state index contributed by atoms with van der Waals surface area (Å²) in [7, 11) is 1.31. The smallest absolute Gasteiger partial charge is 0.337 e. The minimum atomic E-state index is -0.476. The standard InChI is InChI=1S/C20H22N4O5/c1-27-18(26)14-3-2-4-15(13-14)22-17(25)16-5-8-21-19(23-16)24-9-6-20(7-10-24)28-11-12-29-20/h2-5,8,13H,6-7,9-12H2,1H3,(H,22,25). The van der Waals surface area contributed by atoms with Crippen molar-refractivity contribution in [2.24, 2.45) is 0 Å². The molecule has 1 aromatic carbocycles. The zero-order chi connectivity index (χ0) is 20.3. The number of nitrogens with zero attached hydrogens (tertiary/aromatic N) is 3. The van der Waals surface area contributed by atoms with E-state index in [1.165, 1.54) is 7.11 Å². The maximum Gasteiger partial charge on any atom is 0.337 e. The number of rotatable bonds is 4. The quantitative estimate of drug-likeness (QED) is 0.779. The van der Waals surface area contributed by atoms with Crippen LogP contribution >= 0.6 is 0 Å². The predicted molar refractivity (Wildman–Crippen MR) is 104 cm³/mol. The van der Waals surface area contributed by atoms with E-state index >= 15 is 0 Å². The highest BCUT2D eigenvalue weighted by atomic mass is 16.7. The van der Waals surface area contributed by atoms with E-state index in [-0.39, 0.29) is 11.6 Å². The van der Waals surface area contributed by atoms with Crippen LogP contribution in [-0.2, 0) is 14.2 Å². The third-order valence-corrected chi connectivity index (χ3v) is 5.04. The number of anilines is 2. The Morgan fingerprint density at radius 2 is 1.93 bits per heavy atom. The van der Waals surface area contributed by atoms with E-state index in [4.69, 9.17) is 14.2 Å². The van der Waals surface area contributed by atoms with Gasteiger partial charge in [-0.15, -0.1) is 0 Å². The number of piperidine rings is 1. The van der Waals surface area contributed by atoms with Gasteiger partial charge in [0.15, 0.2) is 5.79 Å². The van der Waals surface area contributed by atoms with Crippen molar-refractivity contribution in [3.05, 3.63) is 47.8 Å². The van der Waals surface area contributed by atoms with Crippen LogP contribution in [0.4, 0.5) is 11.6 Å². The molecule has 2 aliphatic rings. The van der Waals surface area contributed by atoms with Crippen LogP contribution in [0.5, 0.6) is 0 Å². The van der Waals surface area contributed by atoms with Gasteiger partial charge in [-0.05, 0) is 24.3 Å². The molecule has 2 fully saturated rings. The van der Waals surface area contributed by atoms with Gasteiger partial charge in [0.1, 0.15) is 5.69 Å². The maximum absolute atomic E-state index is 12.6. The van der Waals surface area contributed by atoms with E-state index in [1.807, 2.05) is 4.90 Å². The van der Waals surface area contributed by atoms with Crippen LogP contribution in [0.25, 0.3) is 0 Å². The molecule has 1 amide bonds. The number of amides is 1. The molecule has 1 N–H and O–H groups in total. The second-order valence-electron chi connectivity index (χ2n) is 6.86. The summed E-state index contributed by atoms with van der Waals surface area (Å²) in [6.45, 7) is 2.63. The normalized spacial score (nSPS) is 17.9. The van der Waals surface area contributed by atoms with Gasteiger partial charge in [0.05, 0.1) is 25.9 Å². The zero-order valence-electron chi connectivity index (χ0n) is 16.1. The number of methoxy groups -OCH3 is 1. The Morgan fingerprint density at radius 1 is 1.17 bits per heavy atom. The van der Waals surface area contributed by atoms with E-state index in [1.54, 1.807) is 36.5 Å². The molecule has 0 bridgehead atoms. The summed E-state index contributed by atoms with van der Waals surface area (Å²) in [4.78, 5) is 35.0. The van der Waals surface area contributed by atoms with Crippen LogP contribution in [0, 0.1) is 0 Å². The van der Waals surface area contributed by atoms with Crippen molar-refractivity contribution >= 4 is 23.5 Å². The Morgan fingerprint density at radius 3 is 2.66 bits per heavy atom. The predicted octanol–water partition coefficient (Wildman–Crippen LogP) is 1.86. The van der Waals surface area contributed by atoms with Crippen LogP contribution in [0.15, 0.2) is 36.5 Å². The van der Waals surface area contributed by atoms with Gasteiger partial charge in [-0.2, -0.15) is 0 Å². The summed E-state index contributed by atoms with van der Waals surface area (Å²) >= 11 is 0. The van der Waals surface area contributed by atoms with E-state index in [0.717, 1.165) is 12.8 Å². The molecule has 0 saturated carbocycles. The topological polar surface area (TPSA) is 103 Å². The molecule has 0 atom stereocenters. The molecule has 3 heterocycles. The van der Waals surface area contributed by atoms with Crippen LogP contribution in [-0.4, -0.2) is 61.0 Å². The first-order valence-corrected chi connectivity index (χ1v) is 9.44. The van der Waals surface area contributed by atoms with Crippen LogP contribution in [0.1, 0.15) is 33.7 Å². The molecular formula is C20H22N4O5. The Hall–Kier alpha value is -3.04. The van der Waals surface area contributed by atoms with Gasteiger partial charge >= 0.3 is 5.97 Å². The first kappa shape index (κ1) is 19.3. The van der Waals surface area contributed by atoms with E-state index in [0.29, 0.717) is 43.5 Å². The molecule has 29 heavy (non-hydrogen) atoms. The highest BCUT2D eigenvalue weighted by Gasteiger charge is 2.40. The first-order chi connectivity index (χ1) is 14.1. The fourth-order valence-electron chi connectivity index (χ4n) is 3.50. The largest absolute Gasteiger partial charge is 0.465 e. The monoisotopic (exact) mass is 398 g/mol. The number of carbonyl (C=O) groups is 2. The van der Waals surface area contributed by atoms with Crippen molar-refractivity contribution in [2.75, 3.05) is 43.6 Å². The molecule has 2 saturated heterocycles. The van der Waals surface area contributed by atoms with Crippen LogP contribution in [0.3, 0.4) is 0 Å². The minimum Gasteiger partial charge on any atom is -0.465 e. The SMILES string of the molecule is COC(=O)c1cccc(NC(=O)c2ccnc(N3CCC4(CC3)OCCO4)n2)c1. The van der Waals surface area contributed by atoms with Gasteiger partial charge in [0.2, 0.25) is 5.95 Å². The average Bonchev–Trinajstić information content (AvgIpc) is 3.22. The summed E-state index contributed by atoms with van der Waals surface area (Å²) < 4.78 is 16.2. The molecule has 9 heteroatoms. The Kier molecular flexibility index (Phi) is 5.41. The lowest BCUT2D eigenvalue weighted by atomic mass is 10.0. The number of esters is 1. The first-order valence-electron chi connectivity index (χ1n) is 9.44. The number of hydrogen-bond acceptors (Lipinski definition) is 8. The van der Waals surface area contributed by atoms with Gasteiger partial charge in [0, 0.05) is 37.8 Å². The van der Waals surface area contributed by atoms with E-state index in [2.05, 4.69) is 15.3 Å². The lowest BCUT2D eigenvalue weighted by Crippen LogP contribution is -2.45. The molecule has 0 unspecified atom stereocenters. The maximum atomic E-state index is 12.6. The van der Waals surface area contributed by atoms with Crippen molar-refractivity contribution in [3.8, 4) is 0 Å². The Balaban J connectivity index is 1.43. The van der Waals surface area contributed by atoms with Gasteiger partial charge in [0.25, 0.3) is 5.91 Å². The lowest BCUT2D eigenvalue weighted by molar-refractivity contribution is -0.169. The summed E-state index contributed by atoms with van der Waals surface area (Å²) in [5.41, 5.74) is 1.08. The van der Waals surface area contributed by atoms with E-state index < -0.39 is 11.8 Å². The highest BCUT2D eigenvalue weighted by Crippen LogP contribution is 2.32. The fraction of sp³-hybridized carbons (Fsp3) is 0.400. The third-order valence-electron chi connectivity index (χ3n) is 5.04. The van der Waals surface area contributed by atoms with Crippen LogP contribution in [0.2, 0.25) is 0 Å². The van der Waals surface area contributed by atoms with Crippen molar-refractivity contribution in [3.63, 3.8) is 0 Å². The van der Waals surface area contributed by atoms with Crippen molar-refractivity contribution < 1.29 is 23.8 Å². The molecule has 4 rings (SSSR count). The van der Waals surface area contributed by atoms with Gasteiger partial charge < -0.3 is 24.4 Å². The Labute approximate surface area is 168 Å². The third kappa shape index (κ3) is 4.20. The molecule has 1 spiro atoms. The Bertz CT molecular complexity index is 903.